The number of esters is 2. The van der Waals surface area contributed by atoms with Crippen LogP contribution in [0.1, 0.15) is 47.8 Å². The summed E-state index contributed by atoms with van der Waals surface area (Å²) in [5, 5.41) is 1.91. The van der Waals surface area contributed by atoms with Crippen LogP contribution in [-0.4, -0.2) is 29.7 Å². The molecule has 0 bridgehead atoms. The molecule has 1 aliphatic heterocycles. The third-order valence-corrected chi connectivity index (χ3v) is 7.82. The van der Waals surface area contributed by atoms with E-state index >= 15 is 0 Å². The predicted octanol–water partition coefficient (Wildman–Crippen LogP) is 4.30. The molecular formula is C28H24N2O6S2. The van der Waals surface area contributed by atoms with Crippen LogP contribution in [0, 0.1) is 0 Å². The summed E-state index contributed by atoms with van der Waals surface area (Å²) in [6.07, 6.45) is 1.68. The van der Waals surface area contributed by atoms with Crippen LogP contribution in [-0.2, 0) is 14.3 Å². The Labute approximate surface area is 225 Å². The summed E-state index contributed by atoms with van der Waals surface area (Å²) in [5.41, 5.74) is 1.87. The Hall–Kier alpha value is -4.02. The lowest BCUT2D eigenvalue weighted by Crippen LogP contribution is -2.39. The van der Waals surface area contributed by atoms with E-state index in [9.17, 15) is 14.4 Å². The fraction of sp³-hybridized carbons (Fsp3) is 0.214. The molecule has 0 amide bonds. The standard InChI is InChI=1S/C28H24N2O6S2/c1-4-34-26(32)18-10-8-17(9-11-18)20-13-12-19(36-20)15-22-25(31)30-24(21-7-6-14-37-21)23(27(33)35-5-2)16(3)29-28(30)38-22/h6-15,24H,4-5H2,1-3H3. The summed E-state index contributed by atoms with van der Waals surface area (Å²) in [5.74, 6) is 0.230. The third kappa shape index (κ3) is 4.80. The smallest absolute Gasteiger partial charge is 0.338 e. The van der Waals surface area contributed by atoms with Gasteiger partial charge in [0.15, 0.2) is 4.80 Å². The number of fused-ring (bicyclic) bond motifs is 1. The molecule has 0 aliphatic carbocycles. The molecule has 1 aromatic carbocycles. The minimum atomic E-state index is -0.613. The van der Waals surface area contributed by atoms with Gasteiger partial charge < -0.3 is 13.9 Å². The number of carbonyl (C=O) groups is 2. The Bertz CT molecular complexity index is 1710. The molecule has 0 saturated carbocycles. The van der Waals surface area contributed by atoms with Crippen molar-refractivity contribution in [3.63, 3.8) is 0 Å². The number of aromatic nitrogens is 1. The van der Waals surface area contributed by atoms with Crippen molar-refractivity contribution in [1.82, 2.24) is 4.57 Å². The highest BCUT2D eigenvalue weighted by molar-refractivity contribution is 7.10. The van der Waals surface area contributed by atoms with Gasteiger partial charge in [0.1, 0.15) is 17.6 Å². The molecule has 5 rings (SSSR count). The molecule has 3 aromatic heterocycles. The van der Waals surface area contributed by atoms with Gasteiger partial charge in [0.25, 0.3) is 5.56 Å². The maximum absolute atomic E-state index is 13.6. The minimum Gasteiger partial charge on any atom is -0.463 e. The number of furan rings is 1. The number of benzene rings is 1. The van der Waals surface area contributed by atoms with Gasteiger partial charge in [-0.15, -0.1) is 11.3 Å². The lowest BCUT2D eigenvalue weighted by Gasteiger charge is -2.23. The number of hydrogen-bond acceptors (Lipinski definition) is 9. The Morgan fingerprint density at radius 1 is 1.05 bits per heavy atom. The number of allylic oxidation sites excluding steroid dienone is 1. The lowest BCUT2D eigenvalue weighted by molar-refractivity contribution is -0.139. The van der Waals surface area contributed by atoms with E-state index in [-0.39, 0.29) is 18.1 Å². The van der Waals surface area contributed by atoms with E-state index in [4.69, 9.17) is 13.9 Å². The average molecular weight is 549 g/mol. The Morgan fingerprint density at radius 2 is 1.79 bits per heavy atom. The number of rotatable bonds is 7. The Kier molecular flexibility index (Phi) is 7.26. The molecule has 10 heteroatoms. The molecule has 1 aliphatic rings. The third-order valence-electron chi connectivity index (χ3n) is 5.91. The monoisotopic (exact) mass is 548 g/mol. The number of thiophene rings is 1. The number of hydrogen-bond donors (Lipinski definition) is 0. The zero-order valence-corrected chi connectivity index (χ0v) is 22.6. The van der Waals surface area contributed by atoms with Gasteiger partial charge in [0, 0.05) is 16.5 Å². The number of nitrogens with zero attached hydrogens (tertiary/aromatic N) is 2. The SMILES string of the molecule is CCOC(=O)C1=C(C)N=c2sc(=Cc3ccc(-c4ccc(C(=O)OCC)cc4)o3)c(=O)n2C1c1cccs1. The maximum atomic E-state index is 13.6. The van der Waals surface area contributed by atoms with Crippen LogP contribution in [0.5, 0.6) is 0 Å². The highest BCUT2D eigenvalue weighted by Crippen LogP contribution is 2.33. The summed E-state index contributed by atoms with van der Waals surface area (Å²) in [6, 6.07) is 13.7. The highest BCUT2D eigenvalue weighted by atomic mass is 32.1. The molecule has 1 unspecified atom stereocenters. The molecule has 0 saturated heterocycles. The first-order valence-electron chi connectivity index (χ1n) is 12.0. The van der Waals surface area contributed by atoms with Gasteiger partial charge in [0.2, 0.25) is 0 Å². The van der Waals surface area contributed by atoms with Crippen molar-refractivity contribution in [1.29, 1.82) is 0 Å². The van der Waals surface area contributed by atoms with Crippen molar-refractivity contribution in [3.8, 4) is 11.3 Å². The Balaban J connectivity index is 1.52. The maximum Gasteiger partial charge on any atom is 0.338 e. The van der Waals surface area contributed by atoms with Gasteiger partial charge >= 0.3 is 11.9 Å². The van der Waals surface area contributed by atoms with E-state index in [2.05, 4.69) is 4.99 Å². The summed E-state index contributed by atoms with van der Waals surface area (Å²) in [6.45, 7) is 5.80. The van der Waals surface area contributed by atoms with Crippen molar-refractivity contribution in [2.45, 2.75) is 26.8 Å². The van der Waals surface area contributed by atoms with E-state index in [1.807, 2.05) is 17.5 Å². The van der Waals surface area contributed by atoms with Crippen molar-refractivity contribution in [2.75, 3.05) is 13.2 Å². The van der Waals surface area contributed by atoms with Crippen LogP contribution in [0.4, 0.5) is 0 Å². The van der Waals surface area contributed by atoms with E-state index in [0.29, 0.717) is 44.3 Å². The largest absolute Gasteiger partial charge is 0.463 e. The van der Waals surface area contributed by atoms with Crippen molar-refractivity contribution >= 4 is 40.7 Å². The summed E-state index contributed by atoms with van der Waals surface area (Å²) in [7, 11) is 0. The Morgan fingerprint density at radius 3 is 2.47 bits per heavy atom. The lowest BCUT2D eigenvalue weighted by atomic mass is 10.0. The molecule has 0 spiro atoms. The minimum absolute atomic E-state index is 0.226. The second-order valence-corrected chi connectivity index (χ2v) is 10.3. The van der Waals surface area contributed by atoms with E-state index < -0.39 is 12.0 Å². The molecule has 0 radical (unpaired) electrons. The fourth-order valence-corrected chi connectivity index (χ4v) is 6.06. The zero-order chi connectivity index (χ0) is 26.8. The molecule has 0 fully saturated rings. The van der Waals surface area contributed by atoms with Crippen LogP contribution in [0.2, 0.25) is 0 Å². The zero-order valence-electron chi connectivity index (χ0n) is 20.9. The molecule has 4 heterocycles. The molecule has 38 heavy (non-hydrogen) atoms. The van der Waals surface area contributed by atoms with Gasteiger partial charge in [-0.25, -0.2) is 14.6 Å². The number of carbonyl (C=O) groups excluding carboxylic acids is 2. The summed E-state index contributed by atoms with van der Waals surface area (Å²) in [4.78, 5) is 44.3. The van der Waals surface area contributed by atoms with Gasteiger partial charge in [-0.05, 0) is 56.5 Å². The topological polar surface area (TPSA) is 100 Å². The van der Waals surface area contributed by atoms with Gasteiger partial charge in [-0.3, -0.25) is 9.36 Å². The predicted molar refractivity (Wildman–Crippen MR) is 145 cm³/mol. The molecule has 194 valence electrons. The molecule has 8 nitrogen and oxygen atoms in total. The second kappa shape index (κ2) is 10.8. The first kappa shape index (κ1) is 25.6. The van der Waals surface area contributed by atoms with Gasteiger partial charge in [0.05, 0.1) is 34.6 Å². The molecule has 4 aromatic rings. The van der Waals surface area contributed by atoms with Crippen LogP contribution in [0.3, 0.4) is 0 Å². The van der Waals surface area contributed by atoms with Crippen molar-refractivity contribution < 1.29 is 23.5 Å². The first-order chi connectivity index (χ1) is 18.4. The highest BCUT2D eigenvalue weighted by Gasteiger charge is 2.33. The van der Waals surface area contributed by atoms with Crippen molar-refractivity contribution in [3.05, 3.63) is 101 Å². The van der Waals surface area contributed by atoms with E-state index in [1.165, 1.54) is 22.7 Å². The van der Waals surface area contributed by atoms with Gasteiger partial charge in [-0.2, -0.15) is 0 Å². The van der Waals surface area contributed by atoms with Crippen LogP contribution < -0.4 is 14.9 Å². The average Bonchev–Trinajstić information content (AvgIpc) is 3.66. The van der Waals surface area contributed by atoms with E-state index in [1.54, 1.807) is 67.8 Å². The van der Waals surface area contributed by atoms with Gasteiger partial charge in [-0.1, -0.05) is 29.5 Å². The quantitative estimate of drug-likeness (QED) is 0.320. The molecular weight excluding hydrogens is 524 g/mol. The second-order valence-electron chi connectivity index (χ2n) is 8.32. The van der Waals surface area contributed by atoms with Crippen LogP contribution in [0.25, 0.3) is 17.4 Å². The molecule has 1 atom stereocenters. The molecule has 0 N–H and O–H groups in total. The van der Waals surface area contributed by atoms with E-state index in [0.717, 1.165) is 10.4 Å². The van der Waals surface area contributed by atoms with Crippen LogP contribution in [0.15, 0.2) is 79.4 Å². The normalized spacial score (nSPS) is 15.2. The fourth-order valence-electron chi connectivity index (χ4n) is 4.21. The summed E-state index contributed by atoms with van der Waals surface area (Å²) < 4.78 is 18.3. The van der Waals surface area contributed by atoms with Crippen LogP contribution >= 0.6 is 22.7 Å². The van der Waals surface area contributed by atoms with Crippen molar-refractivity contribution in [2.24, 2.45) is 4.99 Å². The summed E-state index contributed by atoms with van der Waals surface area (Å²) >= 11 is 2.70. The first-order valence-corrected chi connectivity index (χ1v) is 13.7. The number of ether oxygens (including phenoxy) is 2. The number of thiazole rings is 1.